The van der Waals surface area contributed by atoms with Crippen molar-refractivity contribution in [2.75, 3.05) is 7.11 Å². The van der Waals surface area contributed by atoms with E-state index < -0.39 is 0 Å². The predicted molar refractivity (Wildman–Crippen MR) is 104 cm³/mol. The summed E-state index contributed by atoms with van der Waals surface area (Å²) < 4.78 is 4.94. The van der Waals surface area contributed by atoms with Crippen LogP contribution in [0.5, 0.6) is 5.75 Å². The molecule has 1 fully saturated rings. The second kappa shape index (κ2) is 7.44. The standard InChI is InChI=1S/C21H21N3O4/c1-28-19-11-23-17(9-18(19)26)21(27)24-20(13-7-15(25)8-13)14-6-12-4-2-3-5-16(12)22-10-14/h2-6,9-11,13,15,20,25H,7-8H2,1H3,(H,23,26)(H,24,27). The fraction of sp³-hybridized carbons (Fsp3) is 0.286. The zero-order chi connectivity index (χ0) is 19.7. The van der Waals surface area contributed by atoms with Gasteiger partial charge in [0.05, 0.1) is 24.8 Å². The highest BCUT2D eigenvalue weighted by atomic mass is 16.5. The number of para-hydroxylation sites is 1. The molecule has 2 heterocycles. The van der Waals surface area contributed by atoms with E-state index >= 15 is 0 Å². The Hall–Kier alpha value is -3.19. The van der Waals surface area contributed by atoms with Crippen LogP contribution in [0.25, 0.3) is 10.9 Å². The Labute approximate surface area is 161 Å². The first kappa shape index (κ1) is 18.2. The van der Waals surface area contributed by atoms with Crippen LogP contribution in [-0.4, -0.2) is 34.2 Å². The summed E-state index contributed by atoms with van der Waals surface area (Å²) in [5, 5.41) is 13.7. The number of aromatic amines is 1. The smallest absolute Gasteiger partial charge is 0.268 e. The highest BCUT2D eigenvalue weighted by molar-refractivity contribution is 5.92. The number of rotatable bonds is 5. The van der Waals surface area contributed by atoms with Crippen LogP contribution in [0.2, 0.25) is 0 Å². The summed E-state index contributed by atoms with van der Waals surface area (Å²) in [6.45, 7) is 0. The Balaban J connectivity index is 1.63. The molecule has 7 heteroatoms. The SMILES string of the molecule is COc1c[nH]c(C(=O)NC(c2cnc3ccccc3c2)C2CC(O)C2)cc1=O. The van der Waals surface area contributed by atoms with Crippen molar-refractivity contribution in [2.45, 2.75) is 25.0 Å². The van der Waals surface area contributed by atoms with Gasteiger partial charge in [-0.15, -0.1) is 0 Å². The fourth-order valence-electron chi connectivity index (χ4n) is 3.60. The van der Waals surface area contributed by atoms with Gasteiger partial charge in [-0.2, -0.15) is 0 Å². The summed E-state index contributed by atoms with van der Waals surface area (Å²) in [6, 6.07) is 10.7. The predicted octanol–water partition coefficient (Wildman–Crippen LogP) is 2.17. The van der Waals surface area contributed by atoms with Gasteiger partial charge in [0.1, 0.15) is 5.69 Å². The lowest BCUT2D eigenvalue weighted by molar-refractivity contribution is 0.0234. The highest BCUT2D eigenvalue weighted by Crippen LogP contribution is 2.38. The number of pyridine rings is 2. The molecule has 1 unspecified atom stereocenters. The number of carbonyl (C=O) groups excluding carboxylic acids is 1. The number of nitrogens with zero attached hydrogens (tertiary/aromatic N) is 1. The molecule has 1 aliphatic carbocycles. The van der Waals surface area contributed by atoms with Crippen molar-refractivity contribution in [2.24, 2.45) is 5.92 Å². The summed E-state index contributed by atoms with van der Waals surface area (Å²) in [5.74, 6) is -0.139. The van der Waals surface area contributed by atoms with Gasteiger partial charge in [-0.25, -0.2) is 0 Å². The van der Waals surface area contributed by atoms with Crippen molar-refractivity contribution in [1.29, 1.82) is 0 Å². The van der Waals surface area contributed by atoms with Gasteiger partial charge in [0.15, 0.2) is 5.75 Å². The molecule has 0 saturated heterocycles. The van der Waals surface area contributed by atoms with Crippen molar-refractivity contribution in [3.05, 3.63) is 70.3 Å². The second-order valence-electron chi connectivity index (χ2n) is 7.08. The van der Waals surface area contributed by atoms with E-state index in [2.05, 4.69) is 15.3 Å². The summed E-state index contributed by atoms with van der Waals surface area (Å²) in [7, 11) is 1.40. The fourth-order valence-corrected chi connectivity index (χ4v) is 3.60. The Morgan fingerprint density at radius 3 is 2.82 bits per heavy atom. The molecule has 0 radical (unpaired) electrons. The third kappa shape index (κ3) is 3.48. The van der Waals surface area contributed by atoms with Crippen LogP contribution in [-0.2, 0) is 0 Å². The van der Waals surface area contributed by atoms with Crippen LogP contribution in [0.3, 0.4) is 0 Å². The molecular weight excluding hydrogens is 358 g/mol. The first-order valence-corrected chi connectivity index (χ1v) is 9.15. The highest BCUT2D eigenvalue weighted by Gasteiger charge is 2.36. The summed E-state index contributed by atoms with van der Waals surface area (Å²) >= 11 is 0. The number of fused-ring (bicyclic) bond motifs is 1. The monoisotopic (exact) mass is 379 g/mol. The van der Waals surface area contributed by atoms with E-state index in [9.17, 15) is 14.7 Å². The molecule has 7 nitrogen and oxygen atoms in total. The van der Waals surface area contributed by atoms with Gasteiger partial charge < -0.3 is 20.1 Å². The number of nitrogens with one attached hydrogen (secondary N) is 2. The van der Waals surface area contributed by atoms with Gasteiger partial charge in [-0.3, -0.25) is 14.6 Å². The number of benzene rings is 1. The molecule has 1 aromatic carbocycles. The van der Waals surface area contributed by atoms with Crippen molar-refractivity contribution in [3.63, 3.8) is 0 Å². The topological polar surface area (TPSA) is 104 Å². The van der Waals surface area contributed by atoms with E-state index in [0.29, 0.717) is 12.8 Å². The van der Waals surface area contributed by atoms with Crippen molar-refractivity contribution in [3.8, 4) is 5.75 Å². The van der Waals surface area contributed by atoms with Crippen LogP contribution in [0, 0.1) is 5.92 Å². The van der Waals surface area contributed by atoms with Crippen molar-refractivity contribution < 1.29 is 14.6 Å². The average molecular weight is 379 g/mol. The van der Waals surface area contributed by atoms with E-state index in [1.807, 2.05) is 30.3 Å². The number of carbonyl (C=O) groups is 1. The third-order valence-electron chi connectivity index (χ3n) is 5.22. The molecule has 0 bridgehead atoms. The number of ether oxygens (including phenoxy) is 1. The van der Waals surface area contributed by atoms with Crippen LogP contribution >= 0.6 is 0 Å². The van der Waals surface area contributed by atoms with E-state index in [4.69, 9.17) is 4.74 Å². The van der Waals surface area contributed by atoms with E-state index in [1.54, 1.807) is 6.20 Å². The van der Waals surface area contributed by atoms with Gasteiger partial charge in [-0.05, 0) is 36.5 Å². The molecule has 1 aliphatic rings. The Bertz CT molecular complexity index is 1070. The van der Waals surface area contributed by atoms with Gasteiger partial charge >= 0.3 is 0 Å². The Morgan fingerprint density at radius 1 is 1.32 bits per heavy atom. The maximum Gasteiger partial charge on any atom is 0.268 e. The lowest BCUT2D eigenvalue weighted by Gasteiger charge is -2.38. The maximum atomic E-state index is 12.8. The molecule has 1 atom stereocenters. The zero-order valence-electron chi connectivity index (χ0n) is 15.4. The largest absolute Gasteiger partial charge is 0.491 e. The number of H-pyrrole nitrogens is 1. The van der Waals surface area contributed by atoms with Gasteiger partial charge in [-0.1, -0.05) is 18.2 Å². The minimum atomic E-state index is -0.390. The summed E-state index contributed by atoms with van der Waals surface area (Å²) in [5.41, 5.74) is 1.54. The van der Waals surface area contributed by atoms with Gasteiger partial charge in [0.2, 0.25) is 5.43 Å². The summed E-state index contributed by atoms with van der Waals surface area (Å²) in [4.78, 5) is 32.0. The first-order valence-electron chi connectivity index (χ1n) is 9.15. The van der Waals surface area contributed by atoms with Gasteiger partial charge in [0.25, 0.3) is 5.91 Å². The maximum absolute atomic E-state index is 12.8. The molecule has 28 heavy (non-hydrogen) atoms. The molecule has 4 rings (SSSR count). The Kier molecular flexibility index (Phi) is 4.83. The number of hydrogen-bond donors (Lipinski definition) is 3. The van der Waals surface area contributed by atoms with Crippen LogP contribution in [0.1, 0.15) is 34.9 Å². The van der Waals surface area contributed by atoms with E-state index in [-0.39, 0.29) is 40.8 Å². The second-order valence-corrected chi connectivity index (χ2v) is 7.08. The van der Waals surface area contributed by atoms with E-state index in [0.717, 1.165) is 16.5 Å². The normalized spacial score (nSPS) is 19.6. The molecule has 3 N–H and O–H groups in total. The van der Waals surface area contributed by atoms with Gasteiger partial charge in [0, 0.05) is 23.8 Å². The van der Waals surface area contributed by atoms with Crippen LogP contribution < -0.4 is 15.5 Å². The third-order valence-corrected chi connectivity index (χ3v) is 5.22. The average Bonchev–Trinajstić information content (AvgIpc) is 2.69. The van der Waals surface area contributed by atoms with Crippen molar-refractivity contribution in [1.82, 2.24) is 15.3 Å². The minimum Gasteiger partial charge on any atom is -0.491 e. The first-order chi connectivity index (χ1) is 13.5. The molecule has 1 amide bonds. The number of methoxy groups -OCH3 is 1. The molecule has 2 aromatic heterocycles. The molecule has 0 aliphatic heterocycles. The molecule has 1 saturated carbocycles. The van der Waals surface area contributed by atoms with Crippen LogP contribution in [0.4, 0.5) is 0 Å². The van der Waals surface area contributed by atoms with Crippen LogP contribution in [0.15, 0.2) is 53.6 Å². The number of amides is 1. The summed E-state index contributed by atoms with van der Waals surface area (Å²) in [6.07, 6.45) is 4.00. The Morgan fingerprint density at radius 2 is 2.11 bits per heavy atom. The number of aliphatic hydroxyl groups is 1. The number of aromatic nitrogens is 2. The minimum absolute atomic E-state index is 0.104. The van der Waals surface area contributed by atoms with Crippen molar-refractivity contribution >= 4 is 16.8 Å². The molecule has 0 spiro atoms. The lowest BCUT2D eigenvalue weighted by atomic mass is 9.75. The quantitative estimate of drug-likeness (QED) is 0.630. The molecular formula is C21H21N3O4. The van der Waals surface area contributed by atoms with E-state index in [1.165, 1.54) is 19.4 Å². The molecule has 144 valence electrons. The molecule has 3 aromatic rings. The number of aliphatic hydroxyl groups excluding tert-OH is 1. The lowest BCUT2D eigenvalue weighted by Crippen LogP contribution is -2.41. The number of hydrogen-bond acceptors (Lipinski definition) is 5. The zero-order valence-corrected chi connectivity index (χ0v) is 15.4.